The third-order valence-corrected chi connectivity index (χ3v) is 4.04. The number of esters is 1. The Kier molecular flexibility index (Phi) is 7.32. The molecule has 1 aliphatic heterocycles. The van der Waals surface area contributed by atoms with Crippen LogP contribution in [0.25, 0.3) is 0 Å². The zero-order valence-corrected chi connectivity index (χ0v) is 14.4. The molecule has 0 N–H and O–H groups in total. The summed E-state index contributed by atoms with van der Waals surface area (Å²) in [5, 5.41) is 0.940. The quantitative estimate of drug-likeness (QED) is 0.418. The fourth-order valence-corrected chi connectivity index (χ4v) is 2.53. The van der Waals surface area contributed by atoms with Crippen LogP contribution in [0, 0.1) is 0 Å². The predicted octanol–water partition coefficient (Wildman–Crippen LogP) is 2.43. The molecule has 1 aromatic carbocycles. The summed E-state index contributed by atoms with van der Waals surface area (Å²) >= 11 is 3.39. The monoisotopic (exact) mass is 371 g/mol. The van der Waals surface area contributed by atoms with E-state index < -0.39 is 0 Å². The molecule has 0 saturated carbocycles. The number of hydrogen-bond acceptors (Lipinski definition) is 5. The maximum Gasteiger partial charge on any atom is 0.337 e. The number of methoxy groups -OCH3 is 1. The van der Waals surface area contributed by atoms with Gasteiger partial charge in [-0.3, -0.25) is 4.90 Å². The Bertz CT molecular complexity index is 466. The lowest BCUT2D eigenvalue weighted by Crippen LogP contribution is -2.43. The van der Waals surface area contributed by atoms with Crippen LogP contribution in [0.1, 0.15) is 22.3 Å². The van der Waals surface area contributed by atoms with Gasteiger partial charge >= 0.3 is 5.97 Å². The molecule has 1 unspecified atom stereocenters. The molecule has 1 atom stereocenters. The van der Waals surface area contributed by atoms with E-state index in [9.17, 15) is 4.79 Å². The first kappa shape index (κ1) is 17.4. The van der Waals surface area contributed by atoms with Gasteiger partial charge in [0.05, 0.1) is 25.9 Å². The largest absolute Gasteiger partial charge is 0.465 e. The van der Waals surface area contributed by atoms with Crippen LogP contribution in [-0.2, 0) is 20.8 Å². The number of benzene rings is 1. The van der Waals surface area contributed by atoms with Crippen LogP contribution in [0.3, 0.4) is 0 Å². The molecule has 1 fully saturated rings. The third kappa shape index (κ3) is 5.35. The van der Waals surface area contributed by atoms with Gasteiger partial charge in [-0.15, -0.1) is 0 Å². The van der Waals surface area contributed by atoms with Crippen molar-refractivity contribution in [1.82, 2.24) is 4.90 Å². The summed E-state index contributed by atoms with van der Waals surface area (Å²) < 4.78 is 16.0. The van der Waals surface area contributed by atoms with Gasteiger partial charge in [-0.1, -0.05) is 28.1 Å². The number of halogens is 1. The highest BCUT2D eigenvalue weighted by Gasteiger charge is 2.20. The van der Waals surface area contributed by atoms with E-state index in [2.05, 4.69) is 20.8 Å². The Morgan fingerprint density at radius 2 is 2.18 bits per heavy atom. The van der Waals surface area contributed by atoms with Gasteiger partial charge in [0, 0.05) is 25.0 Å². The van der Waals surface area contributed by atoms with Gasteiger partial charge in [-0.2, -0.15) is 0 Å². The average molecular weight is 372 g/mol. The molecular formula is C16H22BrNO4. The molecule has 122 valence electrons. The zero-order chi connectivity index (χ0) is 15.8. The minimum Gasteiger partial charge on any atom is -0.465 e. The molecule has 5 nitrogen and oxygen atoms in total. The first-order valence-electron chi connectivity index (χ1n) is 7.41. The van der Waals surface area contributed by atoms with Gasteiger partial charge in [0.15, 0.2) is 6.29 Å². The molecule has 0 aliphatic carbocycles. The van der Waals surface area contributed by atoms with Crippen molar-refractivity contribution < 1.29 is 19.0 Å². The molecule has 6 heteroatoms. The van der Waals surface area contributed by atoms with E-state index in [4.69, 9.17) is 14.2 Å². The summed E-state index contributed by atoms with van der Waals surface area (Å²) in [6.45, 7) is 3.86. The summed E-state index contributed by atoms with van der Waals surface area (Å²) in [7, 11) is 1.39. The molecule has 1 heterocycles. The molecule has 0 amide bonds. The van der Waals surface area contributed by atoms with Crippen LogP contribution in [0.15, 0.2) is 24.3 Å². The summed E-state index contributed by atoms with van der Waals surface area (Å²) in [4.78, 5) is 13.7. The van der Waals surface area contributed by atoms with E-state index in [0.29, 0.717) is 18.8 Å². The molecule has 1 saturated heterocycles. The van der Waals surface area contributed by atoms with Crippen molar-refractivity contribution in [2.24, 2.45) is 0 Å². The van der Waals surface area contributed by atoms with Crippen LogP contribution < -0.4 is 0 Å². The maximum atomic E-state index is 11.4. The smallest absolute Gasteiger partial charge is 0.337 e. The molecular weight excluding hydrogens is 350 g/mol. The van der Waals surface area contributed by atoms with Crippen LogP contribution in [0.5, 0.6) is 0 Å². The van der Waals surface area contributed by atoms with Crippen LogP contribution in [0.4, 0.5) is 0 Å². The van der Waals surface area contributed by atoms with Crippen molar-refractivity contribution in [3.05, 3.63) is 35.4 Å². The first-order chi connectivity index (χ1) is 10.7. The zero-order valence-electron chi connectivity index (χ0n) is 12.8. The summed E-state index contributed by atoms with van der Waals surface area (Å²) in [6.07, 6.45) is 0.830. The van der Waals surface area contributed by atoms with Crippen molar-refractivity contribution in [3.8, 4) is 0 Å². The Morgan fingerprint density at radius 3 is 2.86 bits per heavy atom. The van der Waals surface area contributed by atoms with Gasteiger partial charge in [0.1, 0.15) is 0 Å². The average Bonchev–Trinajstić information content (AvgIpc) is 2.55. The lowest BCUT2D eigenvalue weighted by molar-refractivity contribution is -0.180. The minimum absolute atomic E-state index is 0.151. The predicted molar refractivity (Wildman–Crippen MR) is 87.2 cm³/mol. The van der Waals surface area contributed by atoms with E-state index in [0.717, 1.165) is 36.9 Å². The van der Waals surface area contributed by atoms with Crippen LogP contribution >= 0.6 is 15.9 Å². The van der Waals surface area contributed by atoms with E-state index in [-0.39, 0.29) is 12.3 Å². The lowest BCUT2D eigenvalue weighted by atomic mass is 10.1. The van der Waals surface area contributed by atoms with Crippen LogP contribution in [0.2, 0.25) is 0 Å². The van der Waals surface area contributed by atoms with E-state index in [1.165, 1.54) is 7.11 Å². The molecule has 0 aromatic heterocycles. The SMILES string of the molecule is COC(=O)c1ccc(CN2CCOC(OCCCBr)C2)cc1. The summed E-state index contributed by atoms with van der Waals surface area (Å²) in [6, 6.07) is 7.52. The number of alkyl halides is 1. The number of carbonyl (C=O) groups is 1. The minimum atomic E-state index is -0.307. The Morgan fingerprint density at radius 1 is 1.41 bits per heavy atom. The Hall–Kier alpha value is -0.950. The van der Waals surface area contributed by atoms with Crippen molar-refractivity contribution in [2.45, 2.75) is 19.3 Å². The fourth-order valence-electron chi connectivity index (χ4n) is 2.30. The topological polar surface area (TPSA) is 48.0 Å². The molecule has 22 heavy (non-hydrogen) atoms. The number of ether oxygens (including phenoxy) is 3. The number of nitrogens with zero attached hydrogens (tertiary/aromatic N) is 1. The molecule has 0 spiro atoms. The van der Waals surface area contributed by atoms with E-state index >= 15 is 0 Å². The fraction of sp³-hybridized carbons (Fsp3) is 0.562. The highest BCUT2D eigenvalue weighted by Crippen LogP contribution is 2.13. The Balaban J connectivity index is 1.83. The number of rotatable bonds is 7. The summed E-state index contributed by atoms with van der Waals surface area (Å²) in [5.41, 5.74) is 1.73. The molecule has 0 bridgehead atoms. The second-order valence-electron chi connectivity index (χ2n) is 5.14. The molecule has 2 rings (SSSR count). The van der Waals surface area contributed by atoms with E-state index in [1.807, 2.05) is 12.1 Å². The lowest BCUT2D eigenvalue weighted by Gasteiger charge is -2.32. The summed E-state index contributed by atoms with van der Waals surface area (Å²) in [5.74, 6) is -0.307. The van der Waals surface area contributed by atoms with Gasteiger partial charge in [-0.25, -0.2) is 4.79 Å². The van der Waals surface area contributed by atoms with Gasteiger partial charge < -0.3 is 14.2 Å². The van der Waals surface area contributed by atoms with Crippen molar-refractivity contribution in [2.75, 3.05) is 38.7 Å². The molecule has 1 aliphatic rings. The van der Waals surface area contributed by atoms with Crippen LogP contribution in [-0.4, -0.2) is 55.9 Å². The number of carbonyl (C=O) groups excluding carboxylic acids is 1. The Labute approximate surface area is 139 Å². The number of hydrogen-bond donors (Lipinski definition) is 0. The second-order valence-corrected chi connectivity index (χ2v) is 5.93. The maximum absolute atomic E-state index is 11.4. The highest BCUT2D eigenvalue weighted by atomic mass is 79.9. The normalized spacial score (nSPS) is 19.1. The third-order valence-electron chi connectivity index (χ3n) is 3.48. The second kappa shape index (κ2) is 9.25. The first-order valence-corrected chi connectivity index (χ1v) is 8.54. The van der Waals surface area contributed by atoms with Crippen molar-refractivity contribution >= 4 is 21.9 Å². The van der Waals surface area contributed by atoms with Crippen molar-refractivity contribution in [3.63, 3.8) is 0 Å². The van der Waals surface area contributed by atoms with E-state index in [1.54, 1.807) is 12.1 Å². The highest BCUT2D eigenvalue weighted by molar-refractivity contribution is 9.09. The standard InChI is InChI=1S/C16H22BrNO4/c1-20-16(19)14-5-3-13(4-6-14)11-18-8-10-22-15(12-18)21-9-2-7-17/h3-6,15H,2,7-12H2,1H3. The number of morpholine rings is 1. The molecule has 0 radical (unpaired) electrons. The van der Waals surface area contributed by atoms with Crippen molar-refractivity contribution in [1.29, 1.82) is 0 Å². The van der Waals surface area contributed by atoms with Gasteiger partial charge in [-0.05, 0) is 24.1 Å². The van der Waals surface area contributed by atoms with Gasteiger partial charge in [0.25, 0.3) is 0 Å². The van der Waals surface area contributed by atoms with Gasteiger partial charge in [0.2, 0.25) is 0 Å². The molecule has 1 aromatic rings.